The minimum absolute atomic E-state index is 0.110. The normalized spacial score (nSPS) is 18.6. The molecule has 7 heteroatoms. The summed E-state index contributed by atoms with van der Waals surface area (Å²) >= 11 is 3.33. The van der Waals surface area contributed by atoms with Gasteiger partial charge in [0.1, 0.15) is 10.6 Å². The first-order valence-corrected chi connectivity index (χ1v) is 10.9. The number of methoxy groups -OCH3 is 1. The predicted molar refractivity (Wildman–Crippen MR) is 106 cm³/mol. The first kappa shape index (κ1) is 19.4. The standard InChI is InChI=1S/C19H23BrN2O3S/c1-25-18-10-9-16(20)12-19(18)26(23,24)21-17-8-5-11-22(14-17)13-15-6-3-2-4-7-15/h2-4,6-7,9-10,12,17,21H,5,8,11,13-14H2,1H3. The van der Waals surface area contributed by atoms with E-state index in [9.17, 15) is 8.42 Å². The average Bonchev–Trinajstić information content (AvgIpc) is 2.62. The Morgan fingerprint density at radius 1 is 1.23 bits per heavy atom. The molecule has 1 aliphatic heterocycles. The van der Waals surface area contributed by atoms with E-state index in [0.717, 1.165) is 25.9 Å². The zero-order valence-corrected chi connectivity index (χ0v) is 17.1. The topological polar surface area (TPSA) is 58.6 Å². The van der Waals surface area contributed by atoms with Crippen LogP contribution in [-0.2, 0) is 16.6 Å². The van der Waals surface area contributed by atoms with Crippen LogP contribution in [0.1, 0.15) is 18.4 Å². The number of nitrogens with one attached hydrogen (secondary N) is 1. The summed E-state index contributed by atoms with van der Waals surface area (Å²) in [5.74, 6) is 0.345. The lowest BCUT2D eigenvalue weighted by molar-refractivity contribution is 0.194. The molecule has 1 fully saturated rings. The van der Waals surface area contributed by atoms with Gasteiger partial charge in [0.05, 0.1) is 7.11 Å². The molecule has 0 aromatic heterocycles. The van der Waals surface area contributed by atoms with Gasteiger partial charge in [0.25, 0.3) is 0 Å². The molecule has 1 unspecified atom stereocenters. The highest BCUT2D eigenvalue weighted by Gasteiger charge is 2.27. The van der Waals surface area contributed by atoms with Crippen LogP contribution in [0.25, 0.3) is 0 Å². The highest BCUT2D eigenvalue weighted by molar-refractivity contribution is 9.10. The SMILES string of the molecule is COc1ccc(Br)cc1S(=O)(=O)NC1CCCN(Cc2ccccc2)C1. The summed E-state index contributed by atoms with van der Waals surface area (Å²) in [6, 6.07) is 15.1. The summed E-state index contributed by atoms with van der Waals surface area (Å²) in [5.41, 5.74) is 1.24. The number of hydrogen-bond donors (Lipinski definition) is 1. The molecule has 0 saturated carbocycles. The van der Waals surface area contributed by atoms with E-state index in [1.165, 1.54) is 12.7 Å². The molecule has 0 spiro atoms. The molecule has 0 aliphatic carbocycles. The molecule has 5 nitrogen and oxygen atoms in total. The maximum atomic E-state index is 12.9. The molecule has 0 amide bonds. The number of piperidine rings is 1. The molecule has 1 N–H and O–H groups in total. The Morgan fingerprint density at radius 2 is 2.00 bits per heavy atom. The second-order valence-electron chi connectivity index (χ2n) is 6.48. The number of benzene rings is 2. The Kier molecular flexibility index (Phi) is 6.34. The van der Waals surface area contributed by atoms with Crippen LogP contribution < -0.4 is 9.46 Å². The lowest BCUT2D eigenvalue weighted by Crippen LogP contribution is -2.47. The maximum absolute atomic E-state index is 12.9. The smallest absolute Gasteiger partial charge is 0.244 e. The predicted octanol–water partition coefficient (Wildman–Crippen LogP) is 3.40. The van der Waals surface area contributed by atoms with Crippen molar-refractivity contribution in [1.82, 2.24) is 9.62 Å². The summed E-state index contributed by atoms with van der Waals surface area (Å²) < 4.78 is 34.5. The third kappa shape index (κ3) is 4.85. The number of rotatable bonds is 6. The number of sulfonamides is 1. The minimum Gasteiger partial charge on any atom is -0.495 e. The van der Waals surface area contributed by atoms with Gasteiger partial charge in [0, 0.05) is 23.6 Å². The van der Waals surface area contributed by atoms with Crippen LogP contribution in [0.4, 0.5) is 0 Å². The maximum Gasteiger partial charge on any atom is 0.244 e. The Hall–Kier alpha value is -1.41. The molecular formula is C19H23BrN2O3S. The first-order chi connectivity index (χ1) is 12.5. The number of nitrogens with zero attached hydrogens (tertiary/aromatic N) is 1. The van der Waals surface area contributed by atoms with Crippen LogP contribution in [0.15, 0.2) is 57.9 Å². The third-order valence-electron chi connectivity index (χ3n) is 4.49. The fraction of sp³-hybridized carbons (Fsp3) is 0.368. The van der Waals surface area contributed by atoms with E-state index in [2.05, 4.69) is 37.7 Å². The van der Waals surface area contributed by atoms with Crippen molar-refractivity contribution >= 4 is 26.0 Å². The summed E-state index contributed by atoms with van der Waals surface area (Å²) in [5, 5.41) is 0. The molecule has 0 radical (unpaired) electrons. The van der Waals surface area contributed by atoms with Gasteiger partial charge in [-0.25, -0.2) is 13.1 Å². The quantitative estimate of drug-likeness (QED) is 0.750. The lowest BCUT2D eigenvalue weighted by Gasteiger charge is -2.33. The molecule has 1 saturated heterocycles. The number of likely N-dealkylation sites (tertiary alicyclic amines) is 1. The van der Waals surface area contributed by atoms with Gasteiger partial charge in [0.15, 0.2) is 0 Å². The van der Waals surface area contributed by atoms with Crippen LogP contribution in [0.2, 0.25) is 0 Å². The van der Waals surface area contributed by atoms with Crippen molar-refractivity contribution in [3.05, 3.63) is 58.6 Å². The fourth-order valence-corrected chi connectivity index (χ4v) is 5.25. The Morgan fingerprint density at radius 3 is 2.73 bits per heavy atom. The highest BCUT2D eigenvalue weighted by Crippen LogP contribution is 2.28. The van der Waals surface area contributed by atoms with E-state index in [4.69, 9.17) is 4.74 Å². The first-order valence-electron chi connectivity index (χ1n) is 8.60. The van der Waals surface area contributed by atoms with Crippen molar-refractivity contribution in [1.29, 1.82) is 0 Å². The van der Waals surface area contributed by atoms with Crippen LogP contribution in [-0.4, -0.2) is 39.6 Å². The van der Waals surface area contributed by atoms with Crippen molar-refractivity contribution in [3.8, 4) is 5.75 Å². The molecule has 1 aliphatic rings. The van der Waals surface area contributed by atoms with Crippen molar-refractivity contribution in [2.45, 2.75) is 30.3 Å². The van der Waals surface area contributed by atoms with E-state index >= 15 is 0 Å². The van der Waals surface area contributed by atoms with Crippen molar-refractivity contribution in [2.24, 2.45) is 0 Å². The zero-order valence-electron chi connectivity index (χ0n) is 14.7. The minimum atomic E-state index is -3.65. The van der Waals surface area contributed by atoms with Gasteiger partial charge in [-0.3, -0.25) is 4.90 Å². The molecule has 2 aromatic rings. The van der Waals surface area contributed by atoms with Gasteiger partial charge in [-0.05, 0) is 43.1 Å². The van der Waals surface area contributed by atoms with E-state index in [-0.39, 0.29) is 10.9 Å². The summed E-state index contributed by atoms with van der Waals surface area (Å²) in [6.45, 7) is 2.51. The number of ether oxygens (including phenoxy) is 1. The largest absolute Gasteiger partial charge is 0.495 e. The van der Waals surface area contributed by atoms with Gasteiger partial charge in [0.2, 0.25) is 10.0 Å². The van der Waals surface area contributed by atoms with Gasteiger partial charge < -0.3 is 4.74 Å². The number of halogens is 1. The molecule has 1 heterocycles. The lowest BCUT2D eigenvalue weighted by atomic mass is 10.1. The molecule has 140 valence electrons. The molecule has 2 aromatic carbocycles. The van der Waals surface area contributed by atoms with E-state index in [0.29, 0.717) is 16.8 Å². The number of hydrogen-bond acceptors (Lipinski definition) is 4. The van der Waals surface area contributed by atoms with Crippen LogP contribution in [0.3, 0.4) is 0 Å². The van der Waals surface area contributed by atoms with E-state index < -0.39 is 10.0 Å². The van der Waals surface area contributed by atoms with Crippen molar-refractivity contribution in [2.75, 3.05) is 20.2 Å². The van der Waals surface area contributed by atoms with Crippen molar-refractivity contribution in [3.63, 3.8) is 0 Å². The Labute approximate surface area is 163 Å². The van der Waals surface area contributed by atoms with Gasteiger partial charge >= 0.3 is 0 Å². The fourth-order valence-electron chi connectivity index (χ4n) is 3.28. The van der Waals surface area contributed by atoms with Crippen molar-refractivity contribution < 1.29 is 13.2 Å². The van der Waals surface area contributed by atoms with Gasteiger partial charge in [-0.1, -0.05) is 46.3 Å². The monoisotopic (exact) mass is 438 g/mol. The zero-order chi connectivity index (χ0) is 18.6. The van der Waals surface area contributed by atoms with Gasteiger partial charge in [-0.15, -0.1) is 0 Å². The molecule has 3 rings (SSSR count). The summed E-state index contributed by atoms with van der Waals surface area (Å²) in [6.07, 6.45) is 1.80. The summed E-state index contributed by atoms with van der Waals surface area (Å²) in [4.78, 5) is 2.46. The van der Waals surface area contributed by atoms with E-state index in [1.807, 2.05) is 18.2 Å². The van der Waals surface area contributed by atoms with Crippen LogP contribution in [0, 0.1) is 0 Å². The van der Waals surface area contributed by atoms with Crippen LogP contribution >= 0.6 is 15.9 Å². The summed E-state index contributed by atoms with van der Waals surface area (Å²) in [7, 11) is -2.18. The van der Waals surface area contributed by atoms with Crippen LogP contribution in [0.5, 0.6) is 5.75 Å². The third-order valence-corrected chi connectivity index (χ3v) is 6.53. The molecule has 26 heavy (non-hydrogen) atoms. The Balaban J connectivity index is 1.70. The molecule has 0 bridgehead atoms. The van der Waals surface area contributed by atoms with Gasteiger partial charge in [-0.2, -0.15) is 0 Å². The molecule has 1 atom stereocenters. The second-order valence-corrected chi connectivity index (χ2v) is 9.07. The molecular weight excluding hydrogens is 416 g/mol. The van der Waals surface area contributed by atoms with E-state index in [1.54, 1.807) is 18.2 Å². The highest BCUT2D eigenvalue weighted by atomic mass is 79.9. The second kappa shape index (κ2) is 8.52. The Bertz CT molecular complexity index is 843. The average molecular weight is 439 g/mol.